The summed E-state index contributed by atoms with van der Waals surface area (Å²) in [5, 5.41) is 0. The Balaban J connectivity index is 1.44. The second kappa shape index (κ2) is 8.83. The molecule has 2 heterocycles. The number of fused-ring (bicyclic) bond motifs is 2. The maximum absolute atomic E-state index is 13.3. The second-order valence-electron chi connectivity index (χ2n) is 9.66. The van der Waals surface area contributed by atoms with Crippen LogP contribution in [-0.2, 0) is 21.5 Å². The van der Waals surface area contributed by atoms with E-state index >= 15 is 0 Å². The van der Waals surface area contributed by atoms with Crippen molar-refractivity contribution in [2.75, 3.05) is 13.2 Å². The Labute approximate surface area is 184 Å². The molecule has 0 aromatic heterocycles. The van der Waals surface area contributed by atoms with Gasteiger partial charge in [0.1, 0.15) is 6.61 Å². The van der Waals surface area contributed by atoms with E-state index in [2.05, 4.69) is 26.8 Å². The van der Waals surface area contributed by atoms with Gasteiger partial charge in [-0.2, -0.15) is 0 Å². The van der Waals surface area contributed by atoms with Gasteiger partial charge in [0.05, 0.1) is 25.3 Å². The van der Waals surface area contributed by atoms with E-state index in [1.807, 2.05) is 53.4 Å². The molecular weight excluding hydrogens is 390 g/mol. The van der Waals surface area contributed by atoms with E-state index in [9.17, 15) is 9.59 Å². The highest BCUT2D eigenvalue weighted by Gasteiger charge is 2.44. The highest BCUT2D eigenvalue weighted by atomic mass is 16.6. The van der Waals surface area contributed by atoms with Gasteiger partial charge in [0, 0.05) is 11.5 Å². The Hall–Kier alpha value is -2.66. The molecule has 2 atom stereocenters. The van der Waals surface area contributed by atoms with Crippen LogP contribution < -0.4 is 0 Å². The van der Waals surface area contributed by atoms with Crippen LogP contribution in [0.1, 0.15) is 55.1 Å². The summed E-state index contributed by atoms with van der Waals surface area (Å²) in [6.45, 7) is 7.59. The molecule has 2 fully saturated rings. The zero-order valence-electron chi connectivity index (χ0n) is 18.5. The average Bonchev–Trinajstić information content (AvgIpc) is 2.76. The molecule has 0 aliphatic carbocycles. The summed E-state index contributed by atoms with van der Waals surface area (Å²) < 4.78 is 11.3. The van der Waals surface area contributed by atoms with Crippen molar-refractivity contribution >= 4 is 11.9 Å². The van der Waals surface area contributed by atoms with Gasteiger partial charge < -0.3 is 9.47 Å². The number of benzene rings is 2. The molecule has 0 N–H and O–H groups in total. The first-order valence-electron chi connectivity index (χ1n) is 11.0. The van der Waals surface area contributed by atoms with E-state index in [-0.39, 0.29) is 41.9 Å². The predicted molar refractivity (Wildman–Crippen MR) is 119 cm³/mol. The zero-order chi connectivity index (χ0) is 22.0. The molecular formula is C26H31NO4. The number of carbonyl (C=O) groups is 2. The van der Waals surface area contributed by atoms with Crippen LogP contribution in [-0.4, -0.2) is 42.1 Å². The first-order valence-corrected chi connectivity index (χ1v) is 11.0. The van der Waals surface area contributed by atoms with Gasteiger partial charge in [0.25, 0.3) is 0 Å². The minimum absolute atomic E-state index is 0.00743. The van der Waals surface area contributed by atoms with Crippen molar-refractivity contribution in [3.05, 3.63) is 71.3 Å². The minimum atomic E-state index is -0.317. The van der Waals surface area contributed by atoms with Crippen LogP contribution in [0.3, 0.4) is 0 Å². The summed E-state index contributed by atoms with van der Waals surface area (Å²) in [6.07, 6.45) is 0.896. The summed E-state index contributed by atoms with van der Waals surface area (Å²) in [5.74, 6) is 0.0626. The number of amides is 1. The fourth-order valence-corrected chi connectivity index (χ4v) is 4.60. The molecule has 5 nitrogen and oxygen atoms in total. The normalized spacial score (nSPS) is 23.3. The largest absolute Gasteiger partial charge is 0.445 e. The number of morpholine rings is 1. The Morgan fingerprint density at radius 1 is 1.00 bits per heavy atom. The molecule has 2 bridgehead atoms. The maximum atomic E-state index is 13.3. The smallest absolute Gasteiger partial charge is 0.410 e. The molecule has 5 heteroatoms. The summed E-state index contributed by atoms with van der Waals surface area (Å²) in [5.41, 5.74) is 2.87. The third-order valence-corrected chi connectivity index (χ3v) is 6.32. The fraction of sp³-hybridized carbons (Fsp3) is 0.462. The molecule has 4 rings (SSSR count). The Morgan fingerprint density at radius 3 is 2.32 bits per heavy atom. The van der Waals surface area contributed by atoms with Crippen molar-refractivity contribution in [1.82, 2.24) is 4.90 Å². The lowest BCUT2D eigenvalue weighted by Crippen LogP contribution is -2.59. The predicted octanol–water partition coefficient (Wildman–Crippen LogP) is 4.98. The summed E-state index contributed by atoms with van der Waals surface area (Å²) >= 11 is 0. The van der Waals surface area contributed by atoms with Crippen molar-refractivity contribution < 1.29 is 19.1 Å². The molecule has 2 aliphatic heterocycles. The topological polar surface area (TPSA) is 55.8 Å². The number of nitrogens with zero attached hydrogens (tertiary/aromatic N) is 1. The van der Waals surface area contributed by atoms with Crippen LogP contribution in [0.2, 0.25) is 0 Å². The molecule has 2 unspecified atom stereocenters. The maximum Gasteiger partial charge on any atom is 0.410 e. The van der Waals surface area contributed by atoms with Crippen molar-refractivity contribution in [2.24, 2.45) is 5.92 Å². The van der Waals surface area contributed by atoms with E-state index in [0.717, 1.165) is 16.7 Å². The SMILES string of the molecule is CC(C)(C)c1cccc(C(=O)C2CC3COCC(C2)N3C(=O)OCc2ccccc2)c1. The zero-order valence-corrected chi connectivity index (χ0v) is 18.5. The van der Waals surface area contributed by atoms with Gasteiger partial charge >= 0.3 is 6.09 Å². The van der Waals surface area contributed by atoms with E-state index < -0.39 is 0 Å². The first kappa shape index (κ1) is 21.6. The summed E-state index contributed by atoms with van der Waals surface area (Å²) in [4.78, 5) is 28.0. The van der Waals surface area contributed by atoms with E-state index in [4.69, 9.17) is 9.47 Å². The number of ketones is 1. The van der Waals surface area contributed by atoms with E-state index in [1.54, 1.807) is 0 Å². The number of hydrogen-bond donors (Lipinski definition) is 0. The molecule has 0 radical (unpaired) electrons. The Bertz CT molecular complexity index is 920. The Morgan fingerprint density at radius 2 is 1.68 bits per heavy atom. The van der Waals surface area contributed by atoms with Crippen molar-refractivity contribution in [3.63, 3.8) is 0 Å². The number of carbonyl (C=O) groups excluding carboxylic acids is 2. The minimum Gasteiger partial charge on any atom is -0.445 e. The quantitative estimate of drug-likeness (QED) is 0.653. The highest BCUT2D eigenvalue weighted by molar-refractivity contribution is 5.98. The van der Waals surface area contributed by atoms with Gasteiger partial charge in [-0.05, 0) is 35.4 Å². The van der Waals surface area contributed by atoms with Gasteiger partial charge in [-0.15, -0.1) is 0 Å². The van der Waals surface area contributed by atoms with Gasteiger partial charge in [0.2, 0.25) is 0 Å². The first-order chi connectivity index (χ1) is 14.8. The summed E-state index contributed by atoms with van der Waals surface area (Å²) in [7, 11) is 0. The lowest BCUT2D eigenvalue weighted by molar-refractivity contribution is -0.0755. The highest BCUT2D eigenvalue weighted by Crippen LogP contribution is 2.35. The number of ether oxygens (including phenoxy) is 2. The lowest BCUT2D eigenvalue weighted by Gasteiger charge is -2.47. The van der Waals surface area contributed by atoms with Gasteiger partial charge in [-0.25, -0.2) is 4.79 Å². The average molecular weight is 422 g/mol. The summed E-state index contributed by atoms with van der Waals surface area (Å²) in [6, 6.07) is 17.4. The van der Waals surface area contributed by atoms with Gasteiger partial charge in [0.15, 0.2) is 5.78 Å². The van der Waals surface area contributed by atoms with Crippen molar-refractivity contribution in [2.45, 2.75) is 57.7 Å². The molecule has 1 amide bonds. The molecule has 2 aliphatic rings. The standard InChI is InChI=1S/C26H31NO4/c1-26(2,3)21-11-7-10-19(12-21)24(28)20-13-22-16-30-17-23(14-20)27(22)25(29)31-15-18-8-5-4-6-9-18/h4-12,20,22-23H,13-17H2,1-3H3. The third-order valence-electron chi connectivity index (χ3n) is 6.32. The van der Waals surface area contributed by atoms with Crippen LogP contribution >= 0.6 is 0 Å². The lowest BCUT2D eigenvalue weighted by atomic mass is 9.79. The van der Waals surface area contributed by atoms with E-state index in [1.165, 1.54) is 0 Å². The molecule has 2 aromatic carbocycles. The van der Waals surface area contributed by atoms with Crippen molar-refractivity contribution in [1.29, 1.82) is 0 Å². The molecule has 164 valence electrons. The van der Waals surface area contributed by atoms with Crippen LogP contribution in [0.15, 0.2) is 54.6 Å². The van der Waals surface area contributed by atoms with E-state index in [0.29, 0.717) is 26.1 Å². The van der Waals surface area contributed by atoms with Gasteiger partial charge in [-0.1, -0.05) is 69.3 Å². The fourth-order valence-electron chi connectivity index (χ4n) is 4.60. The van der Waals surface area contributed by atoms with Crippen LogP contribution in [0.5, 0.6) is 0 Å². The molecule has 0 spiro atoms. The van der Waals surface area contributed by atoms with Crippen LogP contribution in [0, 0.1) is 5.92 Å². The third kappa shape index (κ3) is 4.82. The molecule has 0 saturated carbocycles. The second-order valence-corrected chi connectivity index (χ2v) is 9.66. The Kier molecular flexibility index (Phi) is 6.15. The number of hydrogen-bond acceptors (Lipinski definition) is 4. The van der Waals surface area contributed by atoms with Crippen molar-refractivity contribution in [3.8, 4) is 0 Å². The van der Waals surface area contributed by atoms with Gasteiger partial charge in [-0.3, -0.25) is 9.69 Å². The van der Waals surface area contributed by atoms with Crippen LogP contribution in [0.4, 0.5) is 4.79 Å². The molecule has 31 heavy (non-hydrogen) atoms. The molecule has 2 aromatic rings. The molecule has 2 saturated heterocycles. The monoisotopic (exact) mass is 421 g/mol. The number of rotatable bonds is 4. The van der Waals surface area contributed by atoms with Crippen LogP contribution in [0.25, 0.3) is 0 Å². The number of Topliss-reactive ketones (excluding diaryl/α,β-unsaturated/α-hetero) is 1. The number of piperidine rings is 1.